The molecule has 2 aliphatic rings. The number of anilines is 1. The van der Waals surface area contributed by atoms with Crippen LogP contribution in [-0.4, -0.2) is 18.9 Å². The van der Waals surface area contributed by atoms with Crippen molar-refractivity contribution in [2.75, 3.05) is 12.4 Å². The maximum absolute atomic E-state index is 13.2. The zero-order valence-electron chi connectivity index (χ0n) is 18.9. The fourth-order valence-corrected chi connectivity index (χ4v) is 4.98. The molecule has 0 radical (unpaired) electrons. The summed E-state index contributed by atoms with van der Waals surface area (Å²) < 4.78 is 11.0. The van der Waals surface area contributed by atoms with Crippen LogP contribution in [0.3, 0.4) is 0 Å². The minimum Gasteiger partial charge on any atom is -0.493 e. The van der Waals surface area contributed by atoms with Crippen molar-refractivity contribution in [2.24, 2.45) is 0 Å². The molecule has 33 heavy (non-hydrogen) atoms. The van der Waals surface area contributed by atoms with Gasteiger partial charge >= 0.3 is 5.97 Å². The molecule has 1 aliphatic carbocycles. The molecule has 0 saturated carbocycles. The number of allylic oxidation sites excluding steroid dienone is 1. The maximum atomic E-state index is 13.2. The normalized spacial score (nSPS) is 17.3. The van der Waals surface area contributed by atoms with E-state index in [-0.39, 0.29) is 17.8 Å². The van der Waals surface area contributed by atoms with Crippen molar-refractivity contribution < 1.29 is 19.1 Å². The van der Waals surface area contributed by atoms with Crippen LogP contribution in [0.2, 0.25) is 0 Å². The highest BCUT2D eigenvalue weighted by Crippen LogP contribution is 2.48. The Labute approximate surface area is 193 Å². The molecule has 168 valence electrons. The lowest BCUT2D eigenvalue weighted by molar-refractivity contribution is -0.134. The molecule has 3 aromatic rings. The Kier molecular flexibility index (Phi) is 5.63. The molecular weight excluding hydrogens is 414 g/mol. The van der Waals surface area contributed by atoms with Crippen molar-refractivity contribution in [1.29, 1.82) is 0 Å². The number of esters is 1. The fourth-order valence-electron chi connectivity index (χ4n) is 4.98. The molecule has 0 saturated heterocycles. The van der Waals surface area contributed by atoms with Gasteiger partial charge in [0, 0.05) is 29.7 Å². The van der Waals surface area contributed by atoms with Crippen LogP contribution in [-0.2, 0) is 9.59 Å². The monoisotopic (exact) mass is 441 g/mol. The molecule has 1 N–H and O–H groups in total. The minimum absolute atomic E-state index is 0.185. The van der Waals surface area contributed by atoms with E-state index >= 15 is 0 Å². The lowest BCUT2D eigenvalue weighted by Crippen LogP contribution is -2.27. The lowest BCUT2D eigenvalue weighted by atomic mass is 9.77. The van der Waals surface area contributed by atoms with Crippen LogP contribution in [0.15, 0.2) is 60.2 Å². The quantitative estimate of drug-likeness (QED) is 0.376. The number of fused-ring (bicyclic) bond motifs is 4. The van der Waals surface area contributed by atoms with Gasteiger partial charge in [-0.1, -0.05) is 43.3 Å². The highest BCUT2D eigenvalue weighted by atomic mass is 16.6. The van der Waals surface area contributed by atoms with E-state index in [0.29, 0.717) is 24.3 Å². The number of benzene rings is 3. The second-order valence-electron chi connectivity index (χ2n) is 8.59. The Hall–Kier alpha value is -3.60. The van der Waals surface area contributed by atoms with Crippen LogP contribution < -0.4 is 14.8 Å². The van der Waals surface area contributed by atoms with Gasteiger partial charge in [0.05, 0.1) is 13.2 Å². The third kappa shape index (κ3) is 3.78. The molecule has 0 bridgehead atoms. The molecule has 0 amide bonds. The van der Waals surface area contributed by atoms with E-state index < -0.39 is 0 Å². The van der Waals surface area contributed by atoms with Gasteiger partial charge in [0.15, 0.2) is 17.3 Å². The van der Waals surface area contributed by atoms with Crippen LogP contribution in [0.4, 0.5) is 5.69 Å². The highest BCUT2D eigenvalue weighted by Gasteiger charge is 2.35. The molecule has 0 spiro atoms. The first-order valence-electron chi connectivity index (χ1n) is 11.5. The zero-order chi connectivity index (χ0) is 22.9. The van der Waals surface area contributed by atoms with E-state index in [2.05, 4.69) is 29.6 Å². The Morgan fingerprint density at radius 3 is 2.73 bits per heavy atom. The molecule has 0 fully saturated rings. The Balaban J connectivity index is 1.61. The van der Waals surface area contributed by atoms with E-state index in [9.17, 15) is 9.59 Å². The van der Waals surface area contributed by atoms with Crippen LogP contribution in [0.5, 0.6) is 11.5 Å². The molecule has 0 aromatic heterocycles. The van der Waals surface area contributed by atoms with E-state index in [0.717, 1.165) is 47.2 Å². The van der Waals surface area contributed by atoms with Gasteiger partial charge in [-0.25, -0.2) is 0 Å². The summed E-state index contributed by atoms with van der Waals surface area (Å²) in [6, 6.07) is 17.8. The molecule has 3 aromatic carbocycles. The molecule has 1 atom stereocenters. The molecule has 5 nitrogen and oxygen atoms in total. The predicted molar refractivity (Wildman–Crippen MR) is 130 cm³/mol. The van der Waals surface area contributed by atoms with Crippen LogP contribution in [0, 0.1) is 0 Å². The van der Waals surface area contributed by atoms with E-state index in [1.54, 1.807) is 13.2 Å². The molecule has 5 heteroatoms. The van der Waals surface area contributed by atoms with Crippen LogP contribution >= 0.6 is 0 Å². The van der Waals surface area contributed by atoms with Crippen LogP contribution in [0.25, 0.3) is 16.3 Å². The SMILES string of the molecule is CCCC(=O)Oc1ccc(C2Nc3ccc4ccccc4c3C3=C2C(=O)CCC3)cc1OC. The summed E-state index contributed by atoms with van der Waals surface area (Å²) in [5.41, 5.74) is 5.06. The first-order valence-corrected chi connectivity index (χ1v) is 11.5. The number of methoxy groups -OCH3 is 1. The van der Waals surface area contributed by atoms with E-state index in [1.165, 1.54) is 10.8 Å². The van der Waals surface area contributed by atoms with E-state index in [1.807, 2.05) is 31.2 Å². The fraction of sp³-hybridized carbons (Fsp3) is 0.286. The van der Waals surface area contributed by atoms with Crippen molar-refractivity contribution in [3.8, 4) is 11.5 Å². The maximum Gasteiger partial charge on any atom is 0.311 e. The summed E-state index contributed by atoms with van der Waals surface area (Å²) in [4.78, 5) is 25.2. The van der Waals surface area contributed by atoms with Crippen molar-refractivity contribution in [1.82, 2.24) is 0 Å². The standard InChI is InChI=1S/C28H27NO4/c1-3-7-25(31)33-23-15-13-18(16-24(23)32-2)28-27-20(10-6-11-22(27)30)26-19-9-5-4-8-17(19)12-14-21(26)29-28/h4-5,8-9,12-16,28-29H,3,6-7,10-11H2,1-2H3. The van der Waals surface area contributed by atoms with E-state index in [4.69, 9.17) is 9.47 Å². The summed E-state index contributed by atoms with van der Waals surface area (Å²) >= 11 is 0. The third-order valence-electron chi connectivity index (χ3n) is 6.47. The minimum atomic E-state index is -0.285. The number of hydrogen-bond donors (Lipinski definition) is 1. The molecular formula is C28H27NO4. The predicted octanol–water partition coefficient (Wildman–Crippen LogP) is 6.23. The topological polar surface area (TPSA) is 64.6 Å². The zero-order valence-corrected chi connectivity index (χ0v) is 18.9. The number of hydrogen-bond acceptors (Lipinski definition) is 5. The van der Waals surface area contributed by atoms with Crippen molar-refractivity contribution in [3.05, 3.63) is 71.3 Å². The Morgan fingerprint density at radius 2 is 1.91 bits per heavy atom. The number of nitrogens with one attached hydrogen (secondary N) is 1. The largest absolute Gasteiger partial charge is 0.493 e. The summed E-state index contributed by atoms with van der Waals surface area (Å²) in [6.45, 7) is 1.93. The van der Waals surface area contributed by atoms with Gasteiger partial charge < -0.3 is 14.8 Å². The number of ether oxygens (including phenoxy) is 2. The van der Waals surface area contributed by atoms with Gasteiger partial charge in [-0.15, -0.1) is 0 Å². The second kappa shape index (κ2) is 8.74. The van der Waals surface area contributed by atoms with Gasteiger partial charge in [-0.3, -0.25) is 9.59 Å². The molecule has 1 unspecified atom stereocenters. The summed E-state index contributed by atoms with van der Waals surface area (Å²) in [5.74, 6) is 0.775. The van der Waals surface area contributed by atoms with Gasteiger partial charge in [-0.05, 0) is 59.4 Å². The molecule has 5 rings (SSSR count). The number of ketones is 1. The van der Waals surface area contributed by atoms with Crippen molar-refractivity contribution in [3.63, 3.8) is 0 Å². The average Bonchev–Trinajstić information content (AvgIpc) is 2.83. The van der Waals surface area contributed by atoms with Gasteiger partial charge in [0.2, 0.25) is 0 Å². The Morgan fingerprint density at radius 1 is 1.06 bits per heavy atom. The smallest absolute Gasteiger partial charge is 0.311 e. The number of Topliss-reactive ketones (excluding diaryl/α,β-unsaturated/α-hetero) is 1. The average molecular weight is 442 g/mol. The van der Waals surface area contributed by atoms with Crippen LogP contribution in [0.1, 0.15) is 56.2 Å². The first kappa shape index (κ1) is 21.3. The Bertz CT molecular complexity index is 1290. The number of carbonyl (C=O) groups excluding carboxylic acids is 2. The van der Waals surface area contributed by atoms with Gasteiger partial charge in [0.25, 0.3) is 0 Å². The lowest BCUT2D eigenvalue weighted by Gasteiger charge is -2.35. The highest BCUT2D eigenvalue weighted by molar-refractivity contribution is 6.12. The summed E-state index contributed by atoms with van der Waals surface area (Å²) in [7, 11) is 1.56. The number of rotatable bonds is 5. The number of carbonyl (C=O) groups is 2. The third-order valence-corrected chi connectivity index (χ3v) is 6.47. The molecule has 1 heterocycles. The first-order chi connectivity index (χ1) is 16.1. The molecule has 1 aliphatic heterocycles. The summed E-state index contributed by atoms with van der Waals surface area (Å²) in [6.07, 6.45) is 3.37. The second-order valence-corrected chi connectivity index (χ2v) is 8.59. The van der Waals surface area contributed by atoms with Crippen molar-refractivity contribution >= 4 is 33.8 Å². The van der Waals surface area contributed by atoms with Gasteiger partial charge in [-0.2, -0.15) is 0 Å². The van der Waals surface area contributed by atoms with Gasteiger partial charge in [0.1, 0.15) is 0 Å². The summed E-state index contributed by atoms with van der Waals surface area (Å²) in [5, 5.41) is 5.96. The van der Waals surface area contributed by atoms with Crippen molar-refractivity contribution in [2.45, 2.75) is 45.1 Å².